The number of rotatable bonds is 3. The molecular formula is C12H18N4O2. The Hall–Kier alpha value is -1.40. The molecule has 2 N–H and O–H groups in total. The SMILES string of the molecule is C[C@@H]1[C@H](N)C(=O)N1c1cnn(C[C@H]2CCCO2)c1. The first kappa shape index (κ1) is 11.7. The summed E-state index contributed by atoms with van der Waals surface area (Å²) in [6.45, 7) is 3.54. The molecule has 2 fully saturated rings. The number of nitrogens with zero attached hydrogens (tertiary/aromatic N) is 3. The van der Waals surface area contributed by atoms with Crippen molar-refractivity contribution in [3.8, 4) is 0 Å². The first-order valence-electron chi connectivity index (χ1n) is 6.39. The van der Waals surface area contributed by atoms with E-state index in [0.29, 0.717) is 0 Å². The van der Waals surface area contributed by atoms with Crippen LogP contribution in [0.1, 0.15) is 19.8 Å². The number of amides is 1. The van der Waals surface area contributed by atoms with Gasteiger partial charge >= 0.3 is 0 Å². The topological polar surface area (TPSA) is 73.4 Å². The van der Waals surface area contributed by atoms with E-state index in [2.05, 4.69) is 5.10 Å². The Balaban J connectivity index is 1.68. The van der Waals surface area contributed by atoms with Crippen LogP contribution in [0.5, 0.6) is 0 Å². The van der Waals surface area contributed by atoms with E-state index in [1.54, 1.807) is 11.1 Å². The molecule has 2 aliphatic heterocycles. The zero-order valence-electron chi connectivity index (χ0n) is 10.5. The number of aromatic nitrogens is 2. The van der Waals surface area contributed by atoms with Crippen molar-refractivity contribution in [2.24, 2.45) is 5.73 Å². The molecule has 6 nitrogen and oxygen atoms in total. The monoisotopic (exact) mass is 250 g/mol. The Kier molecular flexibility index (Phi) is 2.83. The van der Waals surface area contributed by atoms with Crippen LogP contribution in [0, 0.1) is 0 Å². The molecule has 6 heteroatoms. The van der Waals surface area contributed by atoms with Gasteiger partial charge in [0.05, 0.1) is 30.6 Å². The van der Waals surface area contributed by atoms with Crippen LogP contribution in [0.25, 0.3) is 0 Å². The summed E-state index contributed by atoms with van der Waals surface area (Å²) < 4.78 is 7.41. The van der Waals surface area contributed by atoms with E-state index in [0.717, 1.165) is 31.7 Å². The third-order valence-electron chi connectivity index (χ3n) is 3.76. The van der Waals surface area contributed by atoms with Gasteiger partial charge in [-0.25, -0.2) is 0 Å². The van der Waals surface area contributed by atoms with Gasteiger partial charge in [0.1, 0.15) is 6.04 Å². The average molecular weight is 250 g/mol. The van der Waals surface area contributed by atoms with Gasteiger partial charge in [-0.2, -0.15) is 5.10 Å². The van der Waals surface area contributed by atoms with Gasteiger partial charge in [-0.3, -0.25) is 9.48 Å². The molecule has 18 heavy (non-hydrogen) atoms. The number of hydrogen-bond acceptors (Lipinski definition) is 4. The standard InChI is InChI=1S/C12H18N4O2/c1-8-11(13)12(17)16(8)9-5-14-15(6-9)7-10-3-2-4-18-10/h5-6,8,10-11H,2-4,7,13H2,1H3/t8-,10-,11+/m1/s1. The third-order valence-corrected chi connectivity index (χ3v) is 3.76. The first-order valence-corrected chi connectivity index (χ1v) is 6.39. The Morgan fingerprint density at radius 1 is 1.61 bits per heavy atom. The maximum Gasteiger partial charge on any atom is 0.246 e. The maximum absolute atomic E-state index is 11.7. The second kappa shape index (κ2) is 4.37. The minimum Gasteiger partial charge on any atom is -0.376 e. The summed E-state index contributed by atoms with van der Waals surface area (Å²) in [5.41, 5.74) is 6.52. The van der Waals surface area contributed by atoms with Gasteiger partial charge < -0.3 is 15.4 Å². The van der Waals surface area contributed by atoms with Crippen molar-refractivity contribution in [2.75, 3.05) is 11.5 Å². The number of anilines is 1. The zero-order chi connectivity index (χ0) is 12.7. The van der Waals surface area contributed by atoms with Gasteiger partial charge in [-0.1, -0.05) is 0 Å². The second-order valence-corrected chi connectivity index (χ2v) is 5.03. The van der Waals surface area contributed by atoms with E-state index in [-0.39, 0.29) is 24.1 Å². The molecule has 0 aliphatic carbocycles. The van der Waals surface area contributed by atoms with Crippen LogP contribution in [0.3, 0.4) is 0 Å². The highest BCUT2D eigenvalue weighted by molar-refractivity contribution is 6.05. The lowest BCUT2D eigenvalue weighted by atomic mass is 9.97. The molecule has 0 aromatic carbocycles. The number of nitrogens with two attached hydrogens (primary N) is 1. The number of hydrogen-bond donors (Lipinski definition) is 1. The summed E-state index contributed by atoms with van der Waals surface area (Å²) in [6, 6.07) is -0.315. The van der Waals surface area contributed by atoms with Crippen molar-refractivity contribution in [2.45, 2.75) is 44.5 Å². The van der Waals surface area contributed by atoms with Crippen molar-refractivity contribution in [1.82, 2.24) is 9.78 Å². The lowest BCUT2D eigenvalue weighted by Crippen LogP contribution is -2.67. The number of β-lactam (4-membered cyclic amide) rings is 1. The molecule has 1 amide bonds. The molecule has 98 valence electrons. The minimum absolute atomic E-state index is 0.0285. The largest absolute Gasteiger partial charge is 0.376 e. The summed E-state index contributed by atoms with van der Waals surface area (Å²) in [4.78, 5) is 13.4. The summed E-state index contributed by atoms with van der Waals surface area (Å²) in [5, 5.41) is 4.28. The van der Waals surface area contributed by atoms with Crippen LogP contribution in [-0.4, -0.2) is 40.5 Å². The smallest absolute Gasteiger partial charge is 0.246 e. The Morgan fingerprint density at radius 2 is 2.44 bits per heavy atom. The van der Waals surface area contributed by atoms with E-state index < -0.39 is 0 Å². The summed E-state index contributed by atoms with van der Waals surface area (Å²) in [6.07, 6.45) is 6.07. The van der Waals surface area contributed by atoms with Crippen molar-refractivity contribution >= 4 is 11.6 Å². The van der Waals surface area contributed by atoms with Crippen LogP contribution in [-0.2, 0) is 16.1 Å². The van der Waals surface area contributed by atoms with Crippen molar-refractivity contribution < 1.29 is 9.53 Å². The van der Waals surface area contributed by atoms with E-state index in [9.17, 15) is 4.79 Å². The first-order chi connectivity index (χ1) is 8.66. The fourth-order valence-electron chi connectivity index (χ4n) is 2.58. The normalized spacial score (nSPS) is 31.8. The quantitative estimate of drug-likeness (QED) is 0.774. The van der Waals surface area contributed by atoms with Crippen LogP contribution in [0.2, 0.25) is 0 Å². The van der Waals surface area contributed by atoms with Gasteiger partial charge in [0.25, 0.3) is 0 Å². The molecule has 0 bridgehead atoms. The van der Waals surface area contributed by atoms with Gasteiger partial charge in [0, 0.05) is 12.8 Å². The molecule has 1 aromatic rings. The fourth-order valence-corrected chi connectivity index (χ4v) is 2.58. The molecule has 3 heterocycles. The molecule has 2 aliphatic rings. The van der Waals surface area contributed by atoms with Gasteiger partial charge in [0.2, 0.25) is 5.91 Å². The minimum atomic E-state index is -0.369. The number of ether oxygens (including phenoxy) is 1. The highest BCUT2D eigenvalue weighted by atomic mass is 16.5. The zero-order valence-corrected chi connectivity index (χ0v) is 10.5. The van der Waals surface area contributed by atoms with Crippen molar-refractivity contribution in [3.63, 3.8) is 0 Å². The van der Waals surface area contributed by atoms with Gasteiger partial charge in [-0.15, -0.1) is 0 Å². The van der Waals surface area contributed by atoms with E-state index in [4.69, 9.17) is 10.5 Å². The maximum atomic E-state index is 11.7. The highest BCUT2D eigenvalue weighted by Gasteiger charge is 2.43. The molecule has 0 spiro atoms. The van der Waals surface area contributed by atoms with Crippen LogP contribution in [0.15, 0.2) is 12.4 Å². The Bertz CT molecular complexity index is 453. The summed E-state index contributed by atoms with van der Waals surface area (Å²) >= 11 is 0. The molecule has 3 atom stereocenters. The van der Waals surface area contributed by atoms with Gasteiger partial charge in [0.15, 0.2) is 0 Å². The predicted octanol–water partition coefficient (Wildman–Crippen LogP) is 0.124. The lowest BCUT2D eigenvalue weighted by molar-refractivity contribution is -0.125. The van der Waals surface area contributed by atoms with Crippen LogP contribution < -0.4 is 10.6 Å². The van der Waals surface area contributed by atoms with Gasteiger partial charge in [-0.05, 0) is 19.8 Å². The third kappa shape index (κ3) is 1.81. The van der Waals surface area contributed by atoms with Crippen molar-refractivity contribution in [3.05, 3.63) is 12.4 Å². The summed E-state index contributed by atoms with van der Waals surface area (Å²) in [5.74, 6) is -0.0285. The number of carbonyl (C=O) groups is 1. The van der Waals surface area contributed by atoms with Crippen molar-refractivity contribution in [1.29, 1.82) is 0 Å². The van der Waals surface area contributed by atoms with Crippen LogP contribution in [0.4, 0.5) is 5.69 Å². The lowest BCUT2D eigenvalue weighted by Gasteiger charge is -2.42. The molecule has 0 unspecified atom stereocenters. The molecule has 0 radical (unpaired) electrons. The van der Waals surface area contributed by atoms with E-state index in [1.807, 2.05) is 17.8 Å². The molecule has 0 saturated carbocycles. The average Bonchev–Trinajstić information content (AvgIpc) is 3.02. The van der Waals surface area contributed by atoms with E-state index in [1.165, 1.54) is 0 Å². The second-order valence-electron chi connectivity index (χ2n) is 5.03. The summed E-state index contributed by atoms with van der Waals surface area (Å²) in [7, 11) is 0. The number of carbonyl (C=O) groups excluding carboxylic acids is 1. The molecule has 3 rings (SSSR count). The van der Waals surface area contributed by atoms with Crippen LogP contribution >= 0.6 is 0 Å². The Morgan fingerprint density at radius 3 is 3.11 bits per heavy atom. The molecular weight excluding hydrogens is 232 g/mol. The molecule has 2 saturated heterocycles. The molecule has 1 aromatic heterocycles. The highest BCUT2D eigenvalue weighted by Crippen LogP contribution is 2.26. The van der Waals surface area contributed by atoms with E-state index >= 15 is 0 Å². The predicted molar refractivity (Wildman–Crippen MR) is 66.1 cm³/mol. The Labute approximate surface area is 106 Å². The fraction of sp³-hybridized carbons (Fsp3) is 0.667.